The van der Waals surface area contributed by atoms with Crippen molar-refractivity contribution in [2.75, 3.05) is 7.05 Å². The minimum Gasteiger partial charge on any atom is -0.348 e. The molecule has 2 aliphatic rings. The molecule has 0 radical (unpaired) electrons. The van der Waals surface area contributed by atoms with Crippen LogP contribution in [0.2, 0.25) is 0 Å². The van der Waals surface area contributed by atoms with Crippen molar-refractivity contribution in [3.63, 3.8) is 0 Å². The van der Waals surface area contributed by atoms with Crippen LogP contribution in [0.3, 0.4) is 0 Å². The molecule has 1 N–H and O–H groups in total. The van der Waals surface area contributed by atoms with Gasteiger partial charge in [0.15, 0.2) is 5.69 Å². The van der Waals surface area contributed by atoms with Crippen molar-refractivity contribution in [3.8, 4) is 0 Å². The zero-order chi connectivity index (χ0) is 31.2. The number of piperidine rings is 2. The molecule has 2 fully saturated rings. The Hall–Kier alpha value is -1.88. The minimum absolute atomic E-state index is 0.0763. The summed E-state index contributed by atoms with van der Waals surface area (Å²) in [7, 11) is 1.89. The van der Waals surface area contributed by atoms with E-state index in [1.807, 2.05) is 0 Å². The second-order valence-electron chi connectivity index (χ2n) is 4.91. The second kappa shape index (κ2) is 5.64. The van der Waals surface area contributed by atoms with Gasteiger partial charge in [-0.15, -0.1) is 0 Å². The summed E-state index contributed by atoms with van der Waals surface area (Å²) in [4.78, 5) is 13.6. The molecule has 2 bridgehead atoms. The van der Waals surface area contributed by atoms with Gasteiger partial charge in [-0.3, -0.25) is 9.48 Å². The Balaban J connectivity index is 2.03. The number of para-hydroxylation sites is 1. The largest absolute Gasteiger partial charge is 0.348 e. The average molecular weight is 330 g/mol. The van der Waals surface area contributed by atoms with E-state index in [1.165, 1.54) is 7.05 Å². The highest BCUT2D eigenvalue weighted by Gasteiger charge is 2.36. The van der Waals surface area contributed by atoms with Crippen LogP contribution in [0.5, 0.6) is 0 Å². The van der Waals surface area contributed by atoms with Crippen LogP contribution in [0.15, 0.2) is 24.2 Å². The molecule has 1 amide bonds. The zero-order valence-electron chi connectivity index (χ0n) is 29.2. The van der Waals surface area contributed by atoms with E-state index in [9.17, 15) is 4.79 Å². The van der Waals surface area contributed by atoms with Crippen LogP contribution in [-0.2, 0) is 7.05 Å². The van der Waals surface area contributed by atoms with Crippen molar-refractivity contribution in [3.05, 3.63) is 29.9 Å². The highest BCUT2D eigenvalue weighted by Crippen LogP contribution is 2.32. The number of hydrogen-bond acceptors (Lipinski definition) is 3. The molecule has 5 heteroatoms. The van der Waals surface area contributed by atoms with E-state index >= 15 is 0 Å². The number of fused-ring (bicyclic) bond motifs is 3. The first-order valence-electron chi connectivity index (χ1n) is 15.2. The van der Waals surface area contributed by atoms with E-state index in [-0.39, 0.29) is 10.4 Å². The summed E-state index contributed by atoms with van der Waals surface area (Å²) < 4.78 is 144. The minimum atomic E-state index is -3.91. The van der Waals surface area contributed by atoms with Gasteiger partial charge in [-0.1, -0.05) is 24.5 Å². The first-order valence-corrected chi connectivity index (χ1v) is 6.69. The summed E-state index contributed by atoms with van der Waals surface area (Å²) in [6.07, 6.45) is -19.3. The van der Waals surface area contributed by atoms with E-state index in [1.54, 1.807) is 5.32 Å². The van der Waals surface area contributed by atoms with Gasteiger partial charge in [0.2, 0.25) is 0 Å². The third kappa shape index (κ3) is 2.53. The topological polar surface area (TPSA) is 50.2 Å². The predicted molar refractivity (Wildman–Crippen MR) is 90.4 cm³/mol. The molecule has 3 heterocycles. The van der Waals surface area contributed by atoms with Crippen molar-refractivity contribution in [1.82, 2.24) is 20.0 Å². The fourth-order valence-electron chi connectivity index (χ4n) is 2.29. The molecule has 23 heavy (non-hydrogen) atoms. The lowest BCUT2D eigenvalue weighted by Crippen LogP contribution is -2.55. The van der Waals surface area contributed by atoms with E-state index in [0.717, 1.165) is 4.68 Å². The van der Waals surface area contributed by atoms with E-state index in [0.29, 0.717) is 7.05 Å². The summed E-state index contributed by atoms with van der Waals surface area (Å²) in [6.45, 7) is 0. The van der Waals surface area contributed by atoms with Gasteiger partial charge in [-0.25, -0.2) is 0 Å². The number of nitrogens with one attached hydrogen (secondary N) is 1. The third-order valence-electron chi connectivity index (χ3n) is 3.45. The van der Waals surface area contributed by atoms with Crippen molar-refractivity contribution < 1.29 is 28.1 Å². The van der Waals surface area contributed by atoms with Gasteiger partial charge in [-0.2, -0.15) is 5.10 Å². The van der Waals surface area contributed by atoms with Gasteiger partial charge in [0.05, 0.1) is 12.4 Å². The molecule has 2 aromatic rings. The van der Waals surface area contributed by atoms with Crippen LogP contribution in [0.1, 0.15) is 65.7 Å². The second-order valence-corrected chi connectivity index (χ2v) is 4.91. The fraction of sp³-hybridized carbons (Fsp3) is 0.556. The number of rotatable bonds is 2. The van der Waals surface area contributed by atoms with Crippen molar-refractivity contribution in [2.45, 2.75) is 49.9 Å². The van der Waals surface area contributed by atoms with Crippen molar-refractivity contribution >= 4 is 16.8 Å². The standard InChI is InChI=1S/C18H24N4O/c1-21-13-6-5-7-14(21)11-12(10-13)19-18(23)17-15-8-3-4-9-16(15)22(2)20-17/h3-4,8-9,12-14H,5-7,10-11H2,1-2H3,(H,19,23)/t13-,14-/m1/s1/i3D,4D,5D2,6D2,7D2,8D,9D,10D2,11D2,12D,13D,14D. The Kier molecular flexibility index (Phi) is 1.24. The summed E-state index contributed by atoms with van der Waals surface area (Å²) in [6, 6.07) is -14.0. The Labute approximate surface area is 160 Å². The Morgan fingerprint density at radius 2 is 2.04 bits per heavy atom. The maximum atomic E-state index is 13.6. The Bertz CT molecular complexity index is 1430. The molecule has 2 saturated heterocycles. The smallest absolute Gasteiger partial charge is 0.272 e. The Morgan fingerprint density at radius 3 is 2.78 bits per heavy atom. The first kappa shape index (κ1) is 5.06. The summed E-state index contributed by atoms with van der Waals surface area (Å²) in [5.74, 6) is -1.60. The van der Waals surface area contributed by atoms with E-state index in [4.69, 9.17) is 23.3 Å². The average Bonchev–Trinajstić information content (AvgIpc) is 3.19. The van der Waals surface area contributed by atoms with Gasteiger partial charge in [0.25, 0.3) is 5.91 Å². The number of aryl methyl sites for hydroxylation is 1. The summed E-state index contributed by atoms with van der Waals surface area (Å²) >= 11 is 0. The van der Waals surface area contributed by atoms with E-state index in [2.05, 4.69) is 5.10 Å². The molecule has 5 nitrogen and oxygen atoms in total. The fourth-order valence-corrected chi connectivity index (χ4v) is 2.29. The van der Waals surface area contributed by atoms with Gasteiger partial charge in [0, 0.05) is 46.9 Å². The van der Waals surface area contributed by atoms with Crippen LogP contribution in [0, 0.1) is 0 Å². The first-order chi connectivity index (χ1) is 17.7. The molecule has 2 aliphatic heterocycles. The lowest BCUT2D eigenvalue weighted by Gasteiger charge is -2.47. The predicted octanol–water partition coefficient (Wildman–Crippen LogP) is 2.32. The lowest BCUT2D eigenvalue weighted by molar-refractivity contribution is 0.0462. The van der Waals surface area contributed by atoms with E-state index < -0.39 is 91.1 Å². The summed E-state index contributed by atoms with van der Waals surface area (Å²) in [5, 5.41) is 5.07. The monoisotopic (exact) mass is 329 g/mol. The number of amides is 1. The SMILES string of the molecule is [2H]c1c([2H])c([2H])c2c(c(C(=O)NC3([2H])C([2H])([2H])[C@]4([2H])N(C)[C@]([2H])(C([2H])([2H])C([2H])([2H])C4([2H])[2H])C3([2H])[2H])nn2C)c1[2H]. The van der Waals surface area contributed by atoms with Crippen molar-refractivity contribution in [1.29, 1.82) is 0 Å². The number of carbonyl (C=O) groups excluding carboxylic acids is 1. The number of carbonyl (C=O) groups is 1. The van der Waals surface area contributed by atoms with Gasteiger partial charge in [-0.05, 0) is 38.6 Å². The number of benzene rings is 1. The van der Waals surface area contributed by atoms with Crippen LogP contribution >= 0.6 is 0 Å². The molecular weight excluding hydrogens is 288 g/mol. The van der Waals surface area contributed by atoms with Gasteiger partial charge >= 0.3 is 0 Å². The number of nitrogens with zero attached hydrogens (tertiary/aromatic N) is 3. The zero-order valence-corrected chi connectivity index (χ0v) is 12.2. The van der Waals surface area contributed by atoms with Crippen LogP contribution in [0.4, 0.5) is 0 Å². The molecule has 2 atom stereocenters. The highest BCUT2D eigenvalue weighted by atomic mass is 16.2. The van der Waals surface area contributed by atoms with Gasteiger partial charge in [0.1, 0.15) is 0 Å². The molecule has 1 aromatic heterocycles. The van der Waals surface area contributed by atoms with Crippen LogP contribution < -0.4 is 5.32 Å². The Morgan fingerprint density at radius 1 is 1.35 bits per heavy atom. The number of aromatic nitrogens is 2. The van der Waals surface area contributed by atoms with Gasteiger partial charge < -0.3 is 10.2 Å². The van der Waals surface area contributed by atoms with Crippen molar-refractivity contribution in [2.24, 2.45) is 7.05 Å². The lowest BCUT2D eigenvalue weighted by atomic mass is 9.82. The third-order valence-corrected chi connectivity index (χ3v) is 3.45. The molecule has 0 aliphatic carbocycles. The molecular formula is C18H24N4O. The quantitative estimate of drug-likeness (QED) is 0.920. The van der Waals surface area contributed by atoms with Crippen LogP contribution in [-0.4, -0.2) is 45.7 Å². The molecule has 0 unspecified atom stereocenters. The maximum Gasteiger partial charge on any atom is 0.272 e. The molecule has 1 aromatic carbocycles. The summed E-state index contributed by atoms with van der Waals surface area (Å²) in [5.41, 5.74) is -1.08. The normalized spacial score (nSPS) is 59.3. The highest BCUT2D eigenvalue weighted by molar-refractivity contribution is 6.04. The maximum absolute atomic E-state index is 13.6. The molecule has 4 rings (SSSR count). The molecule has 122 valence electrons. The number of hydrogen-bond donors (Lipinski definition) is 1. The molecule has 0 saturated carbocycles. The van der Waals surface area contributed by atoms with Crippen LogP contribution in [0.25, 0.3) is 10.9 Å². The molecule has 0 spiro atoms.